The van der Waals surface area contributed by atoms with Crippen molar-refractivity contribution < 1.29 is 8.42 Å². The number of likely N-dealkylation sites (N-methyl/N-ethyl adjacent to an activating group) is 1. The summed E-state index contributed by atoms with van der Waals surface area (Å²) in [6.07, 6.45) is 0. The predicted molar refractivity (Wildman–Crippen MR) is 101 cm³/mol. The minimum Gasteiger partial charge on any atom is -0.296 e. The maximum absolute atomic E-state index is 12.6. The SMILES string of the molecule is CCN(CC)C(CNS(=O)(=O)c1ccc(C)cc1Cl)c1ccsc1. The van der Waals surface area contributed by atoms with Crippen LogP contribution in [0, 0.1) is 6.92 Å². The van der Waals surface area contributed by atoms with Crippen LogP contribution < -0.4 is 4.72 Å². The smallest absolute Gasteiger partial charge is 0.242 e. The molecule has 0 aliphatic rings. The third-order valence-corrected chi connectivity index (χ3v) is 6.63. The predicted octanol–water partition coefficient (Wildman–Crippen LogP) is 4.07. The van der Waals surface area contributed by atoms with Crippen molar-refractivity contribution in [3.05, 3.63) is 51.2 Å². The van der Waals surface area contributed by atoms with E-state index in [1.165, 1.54) is 0 Å². The van der Waals surface area contributed by atoms with Gasteiger partial charge in [-0.25, -0.2) is 13.1 Å². The molecule has 2 rings (SSSR count). The molecule has 0 radical (unpaired) electrons. The van der Waals surface area contributed by atoms with Gasteiger partial charge in [0.25, 0.3) is 0 Å². The molecule has 0 amide bonds. The third-order valence-electron chi connectivity index (χ3n) is 4.02. The molecule has 0 aliphatic carbocycles. The Morgan fingerprint density at radius 3 is 2.50 bits per heavy atom. The number of nitrogens with zero attached hydrogens (tertiary/aromatic N) is 1. The average molecular weight is 387 g/mol. The molecule has 0 saturated carbocycles. The van der Waals surface area contributed by atoms with E-state index >= 15 is 0 Å². The summed E-state index contributed by atoms with van der Waals surface area (Å²) >= 11 is 7.73. The van der Waals surface area contributed by atoms with E-state index in [1.54, 1.807) is 29.5 Å². The van der Waals surface area contributed by atoms with Crippen LogP contribution in [-0.2, 0) is 10.0 Å². The zero-order chi connectivity index (χ0) is 17.7. The van der Waals surface area contributed by atoms with E-state index in [1.807, 2.05) is 18.4 Å². The first-order chi connectivity index (χ1) is 11.4. The molecular formula is C17H23ClN2O2S2. The molecule has 1 atom stereocenters. The van der Waals surface area contributed by atoms with Crippen molar-refractivity contribution in [1.29, 1.82) is 0 Å². The number of sulfonamides is 1. The Labute approximate surface area is 153 Å². The Hall–Kier alpha value is -0.920. The fourth-order valence-corrected chi connectivity index (χ4v) is 5.02. The molecule has 0 bridgehead atoms. The summed E-state index contributed by atoms with van der Waals surface area (Å²) in [5.74, 6) is 0. The van der Waals surface area contributed by atoms with Crippen LogP contribution in [0.2, 0.25) is 5.02 Å². The molecule has 1 N–H and O–H groups in total. The molecule has 1 aromatic carbocycles. The van der Waals surface area contributed by atoms with Gasteiger partial charge in [-0.3, -0.25) is 4.90 Å². The largest absolute Gasteiger partial charge is 0.296 e. The van der Waals surface area contributed by atoms with Crippen LogP contribution in [0.4, 0.5) is 0 Å². The second-order valence-electron chi connectivity index (χ2n) is 5.58. The number of thiophene rings is 1. The minimum atomic E-state index is -3.65. The lowest BCUT2D eigenvalue weighted by atomic mass is 10.1. The van der Waals surface area contributed by atoms with Crippen LogP contribution >= 0.6 is 22.9 Å². The van der Waals surface area contributed by atoms with Gasteiger partial charge in [0, 0.05) is 12.6 Å². The lowest BCUT2D eigenvalue weighted by Crippen LogP contribution is -2.38. The highest BCUT2D eigenvalue weighted by Crippen LogP contribution is 2.25. The molecule has 0 saturated heterocycles. The Morgan fingerprint density at radius 1 is 1.25 bits per heavy atom. The fourth-order valence-electron chi connectivity index (χ4n) is 2.68. The van der Waals surface area contributed by atoms with Crippen molar-refractivity contribution in [1.82, 2.24) is 9.62 Å². The molecule has 2 aromatic rings. The summed E-state index contributed by atoms with van der Waals surface area (Å²) in [5, 5.41) is 4.32. The van der Waals surface area contributed by atoms with Crippen molar-refractivity contribution in [3.63, 3.8) is 0 Å². The Balaban J connectivity index is 2.21. The first-order valence-corrected chi connectivity index (χ1v) is 10.7. The second kappa shape index (κ2) is 8.45. The highest BCUT2D eigenvalue weighted by atomic mass is 35.5. The number of hydrogen-bond donors (Lipinski definition) is 1. The van der Waals surface area contributed by atoms with Crippen molar-refractivity contribution in [2.45, 2.75) is 31.7 Å². The lowest BCUT2D eigenvalue weighted by molar-refractivity contribution is 0.220. The van der Waals surface area contributed by atoms with E-state index in [9.17, 15) is 8.42 Å². The zero-order valence-electron chi connectivity index (χ0n) is 14.1. The Kier molecular flexibility index (Phi) is 6.83. The highest BCUT2D eigenvalue weighted by Gasteiger charge is 2.23. The van der Waals surface area contributed by atoms with Crippen molar-refractivity contribution in [2.75, 3.05) is 19.6 Å². The quantitative estimate of drug-likeness (QED) is 0.743. The number of aryl methyl sites for hydroxylation is 1. The van der Waals surface area contributed by atoms with E-state index < -0.39 is 10.0 Å². The standard InChI is InChI=1S/C17H23ClN2O2S2/c1-4-20(5-2)16(14-8-9-23-12-14)11-19-24(21,22)17-7-6-13(3)10-15(17)18/h6-10,12,16,19H,4-5,11H2,1-3H3. The first kappa shape index (κ1) is 19.4. The molecule has 0 aliphatic heterocycles. The molecule has 4 nitrogen and oxygen atoms in total. The molecule has 0 fully saturated rings. The summed E-state index contributed by atoms with van der Waals surface area (Å²) in [5.41, 5.74) is 2.06. The number of rotatable bonds is 8. The van der Waals surface area contributed by atoms with E-state index in [0.29, 0.717) is 6.54 Å². The van der Waals surface area contributed by atoms with Crippen LogP contribution in [0.3, 0.4) is 0 Å². The summed E-state index contributed by atoms with van der Waals surface area (Å²) < 4.78 is 28.0. The van der Waals surface area contributed by atoms with Crippen LogP contribution in [0.25, 0.3) is 0 Å². The maximum Gasteiger partial charge on any atom is 0.242 e. The minimum absolute atomic E-state index is 0.00486. The van der Waals surface area contributed by atoms with Crippen LogP contribution in [0.15, 0.2) is 39.9 Å². The van der Waals surface area contributed by atoms with Crippen molar-refractivity contribution in [3.8, 4) is 0 Å². The molecule has 1 unspecified atom stereocenters. The average Bonchev–Trinajstić information content (AvgIpc) is 3.05. The lowest BCUT2D eigenvalue weighted by Gasteiger charge is -2.29. The number of nitrogens with one attached hydrogen (secondary N) is 1. The van der Waals surface area contributed by atoms with Crippen LogP contribution in [-0.4, -0.2) is 33.0 Å². The van der Waals surface area contributed by atoms with Gasteiger partial charge in [-0.1, -0.05) is 31.5 Å². The summed E-state index contributed by atoms with van der Waals surface area (Å²) in [4.78, 5) is 2.36. The van der Waals surface area contributed by atoms with Gasteiger partial charge in [-0.05, 0) is 60.1 Å². The topological polar surface area (TPSA) is 49.4 Å². The van der Waals surface area contributed by atoms with E-state index in [-0.39, 0.29) is 16.0 Å². The number of hydrogen-bond acceptors (Lipinski definition) is 4. The van der Waals surface area contributed by atoms with Gasteiger partial charge < -0.3 is 0 Å². The first-order valence-electron chi connectivity index (χ1n) is 7.91. The monoisotopic (exact) mass is 386 g/mol. The second-order valence-corrected chi connectivity index (χ2v) is 8.50. The third kappa shape index (κ3) is 4.58. The molecular weight excluding hydrogens is 364 g/mol. The Morgan fingerprint density at radius 2 is 1.96 bits per heavy atom. The molecule has 1 aromatic heterocycles. The van der Waals surface area contributed by atoms with Gasteiger partial charge in [0.2, 0.25) is 10.0 Å². The molecule has 24 heavy (non-hydrogen) atoms. The van der Waals surface area contributed by atoms with Gasteiger partial charge in [-0.2, -0.15) is 11.3 Å². The van der Waals surface area contributed by atoms with Crippen LogP contribution in [0.5, 0.6) is 0 Å². The number of halogens is 1. The van der Waals surface area contributed by atoms with Crippen molar-refractivity contribution >= 4 is 33.0 Å². The van der Waals surface area contributed by atoms with E-state index in [4.69, 9.17) is 11.6 Å². The molecule has 132 valence electrons. The summed E-state index contributed by atoms with van der Waals surface area (Å²) in [6, 6.07) is 7.01. The number of benzene rings is 1. The maximum atomic E-state index is 12.6. The summed E-state index contributed by atoms with van der Waals surface area (Å²) in [6.45, 7) is 8.05. The van der Waals surface area contributed by atoms with Gasteiger partial charge in [0.05, 0.1) is 5.02 Å². The highest BCUT2D eigenvalue weighted by molar-refractivity contribution is 7.89. The van der Waals surface area contributed by atoms with Gasteiger partial charge in [-0.15, -0.1) is 0 Å². The Bertz CT molecular complexity index is 757. The van der Waals surface area contributed by atoms with E-state index in [2.05, 4.69) is 28.8 Å². The van der Waals surface area contributed by atoms with Gasteiger partial charge in [0.15, 0.2) is 0 Å². The van der Waals surface area contributed by atoms with Gasteiger partial charge in [0.1, 0.15) is 4.90 Å². The molecule has 7 heteroatoms. The van der Waals surface area contributed by atoms with E-state index in [0.717, 1.165) is 24.2 Å². The fraction of sp³-hybridized carbons (Fsp3) is 0.412. The summed E-state index contributed by atoms with van der Waals surface area (Å²) in [7, 11) is -3.65. The zero-order valence-corrected chi connectivity index (χ0v) is 16.5. The molecule has 1 heterocycles. The molecule has 0 spiro atoms. The van der Waals surface area contributed by atoms with Crippen molar-refractivity contribution in [2.24, 2.45) is 0 Å². The van der Waals surface area contributed by atoms with Crippen LogP contribution in [0.1, 0.15) is 31.0 Å². The normalized spacial score (nSPS) is 13.4. The van der Waals surface area contributed by atoms with Gasteiger partial charge >= 0.3 is 0 Å².